The molecule has 19 heavy (non-hydrogen) atoms. The highest BCUT2D eigenvalue weighted by molar-refractivity contribution is 5.80. The molecule has 1 aromatic carbocycles. The van der Waals surface area contributed by atoms with E-state index in [1.807, 2.05) is 6.07 Å². The standard InChI is InChI=1S/C15H21N3O/c1-10-7-12(5-6-14(10)19-2)13-8-17-15(16)18(13)9-11-3-4-11/h5-7,11,13H,3-4,8-9H2,1-2H3,(H2,16,17). The van der Waals surface area contributed by atoms with E-state index in [0.717, 1.165) is 30.3 Å². The van der Waals surface area contributed by atoms with Gasteiger partial charge in [-0.3, -0.25) is 4.99 Å². The number of rotatable bonds is 4. The van der Waals surface area contributed by atoms with E-state index in [0.29, 0.717) is 12.0 Å². The van der Waals surface area contributed by atoms with Crippen molar-refractivity contribution in [3.63, 3.8) is 0 Å². The molecule has 1 aliphatic carbocycles. The van der Waals surface area contributed by atoms with Crippen molar-refractivity contribution in [2.24, 2.45) is 16.6 Å². The molecule has 2 N–H and O–H groups in total. The van der Waals surface area contributed by atoms with Gasteiger partial charge in [-0.1, -0.05) is 12.1 Å². The fraction of sp³-hybridized carbons (Fsp3) is 0.533. The summed E-state index contributed by atoms with van der Waals surface area (Å²) in [5, 5.41) is 0. The smallest absolute Gasteiger partial charge is 0.191 e. The predicted molar refractivity (Wildman–Crippen MR) is 76.4 cm³/mol. The maximum absolute atomic E-state index is 6.03. The van der Waals surface area contributed by atoms with Gasteiger partial charge < -0.3 is 15.4 Å². The number of guanidine groups is 1. The second-order valence-electron chi connectivity index (χ2n) is 5.54. The van der Waals surface area contributed by atoms with Crippen LogP contribution in [0.15, 0.2) is 23.2 Å². The van der Waals surface area contributed by atoms with E-state index in [1.165, 1.54) is 18.4 Å². The summed E-state index contributed by atoms with van der Waals surface area (Å²) in [5.74, 6) is 2.45. The van der Waals surface area contributed by atoms with Crippen LogP contribution in [0.1, 0.15) is 30.0 Å². The molecule has 0 aromatic heterocycles. The lowest BCUT2D eigenvalue weighted by atomic mass is 10.0. The fourth-order valence-corrected chi connectivity index (χ4v) is 2.72. The van der Waals surface area contributed by atoms with Crippen LogP contribution in [0.5, 0.6) is 5.75 Å². The van der Waals surface area contributed by atoms with Crippen molar-refractivity contribution in [1.29, 1.82) is 0 Å². The van der Waals surface area contributed by atoms with Crippen LogP contribution in [-0.2, 0) is 0 Å². The van der Waals surface area contributed by atoms with Crippen molar-refractivity contribution in [2.75, 3.05) is 20.2 Å². The minimum Gasteiger partial charge on any atom is -0.496 e. The number of hydrogen-bond acceptors (Lipinski definition) is 4. The maximum Gasteiger partial charge on any atom is 0.191 e. The molecule has 0 bridgehead atoms. The summed E-state index contributed by atoms with van der Waals surface area (Å²) >= 11 is 0. The Morgan fingerprint density at radius 2 is 2.21 bits per heavy atom. The average molecular weight is 259 g/mol. The van der Waals surface area contributed by atoms with Gasteiger partial charge in [-0.15, -0.1) is 0 Å². The molecule has 0 radical (unpaired) electrons. The number of aryl methyl sites for hydroxylation is 1. The number of benzene rings is 1. The first-order chi connectivity index (χ1) is 9.19. The minimum atomic E-state index is 0.296. The monoisotopic (exact) mass is 259 g/mol. The molecule has 0 spiro atoms. The summed E-state index contributed by atoms with van der Waals surface area (Å²) in [5.41, 5.74) is 8.47. The number of ether oxygens (including phenoxy) is 1. The van der Waals surface area contributed by atoms with Gasteiger partial charge in [-0.25, -0.2) is 0 Å². The van der Waals surface area contributed by atoms with Crippen LogP contribution in [0.3, 0.4) is 0 Å². The molecule has 4 nitrogen and oxygen atoms in total. The second-order valence-corrected chi connectivity index (χ2v) is 5.54. The fourth-order valence-electron chi connectivity index (χ4n) is 2.72. The van der Waals surface area contributed by atoms with E-state index < -0.39 is 0 Å². The molecule has 3 rings (SSSR count). The van der Waals surface area contributed by atoms with Gasteiger partial charge in [0.15, 0.2) is 5.96 Å². The Kier molecular flexibility index (Phi) is 3.09. The molecule has 1 atom stereocenters. The maximum atomic E-state index is 6.03. The topological polar surface area (TPSA) is 50.9 Å². The molecule has 2 aliphatic rings. The van der Waals surface area contributed by atoms with Crippen LogP contribution in [0.25, 0.3) is 0 Å². The van der Waals surface area contributed by atoms with Crippen molar-refractivity contribution in [2.45, 2.75) is 25.8 Å². The lowest BCUT2D eigenvalue weighted by molar-refractivity contribution is 0.333. The van der Waals surface area contributed by atoms with Gasteiger partial charge in [0.25, 0.3) is 0 Å². The van der Waals surface area contributed by atoms with E-state index in [9.17, 15) is 0 Å². The summed E-state index contributed by atoms with van der Waals surface area (Å²) in [6, 6.07) is 6.65. The Balaban J connectivity index is 1.82. The van der Waals surface area contributed by atoms with Crippen molar-refractivity contribution >= 4 is 5.96 Å². The number of aliphatic imine (C=N–C) groups is 1. The first-order valence-electron chi connectivity index (χ1n) is 6.90. The van der Waals surface area contributed by atoms with Gasteiger partial charge >= 0.3 is 0 Å². The summed E-state index contributed by atoms with van der Waals surface area (Å²) < 4.78 is 5.32. The van der Waals surface area contributed by atoms with Crippen molar-refractivity contribution in [1.82, 2.24) is 4.90 Å². The molecule has 0 saturated heterocycles. The Labute approximate surface area is 114 Å². The van der Waals surface area contributed by atoms with Crippen LogP contribution >= 0.6 is 0 Å². The molecular formula is C15H21N3O. The molecule has 102 valence electrons. The third-order valence-corrected chi connectivity index (χ3v) is 4.05. The summed E-state index contributed by atoms with van der Waals surface area (Å²) in [6.07, 6.45) is 2.66. The normalized spacial score (nSPS) is 22.5. The molecular weight excluding hydrogens is 238 g/mol. The average Bonchev–Trinajstić information content (AvgIpc) is 3.14. The summed E-state index contributed by atoms with van der Waals surface area (Å²) in [4.78, 5) is 6.68. The van der Waals surface area contributed by atoms with Gasteiger partial charge in [-0.2, -0.15) is 0 Å². The van der Waals surface area contributed by atoms with Gasteiger partial charge in [-0.05, 0) is 42.9 Å². The van der Waals surface area contributed by atoms with Crippen LogP contribution < -0.4 is 10.5 Å². The second kappa shape index (κ2) is 4.76. The van der Waals surface area contributed by atoms with Crippen LogP contribution in [0.4, 0.5) is 0 Å². The lowest BCUT2D eigenvalue weighted by Gasteiger charge is -2.27. The van der Waals surface area contributed by atoms with Gasteiger partial charge in [0.2, 0.25) is 0 Å². The van der Waals surface area contributed by atoms with Crippen molar-refractivity contribution in [3.8, 4) is 5.75 Å². The lowest BCUT2D eigenvalue weighted by Crippen LogP contribution is -2.37. The molecule has 0 amide bonds. The zero-order valence-corrected chi connectivity index (χ0v) is 11.6. The molecule has 1 aromatic rings. The number of nitrogens with zero attached hydrogens (tertiary/aromatic N) is 2. The largest absolute Gasteiger partial charge is 0.496 e. The first kappa shape index (κ1) is 12.3. The van der Waals surface area contributed by atoms with Gasteiger partial charge in [0.05, 0.1) is 19.7 Å². The Morgan fingerprint density at radius 1 is 1.42 bits per heavy atom. The Bertz CT molecular complexity index is 508. The summed E-state index contributed by atoms with van der Waals surface area (Å²) in [7, 11) is 1.71. The quantitative estimate of drug-likeness (QED) is 0.900. The third kappa shape index (κ3) is 2.39. The number of hydrogen-bond donors (Lipinski definition) is 1. The molecule has 1 aliphatic heterocycles. The molecule has 1 heterocycles. The number of methoxy groups -OCH3 is 1. The van der Waals surface area contributed by atoms with E-state index in [-0.39, 0.29) is 0 Å². The first-order valence-corrected chi connectivity index (χ1v) is 6.90. The molecule has 1 unspecified atom stereocenters. The Morgan fingerprint density at radius 3 is 2.84 bits per heavy atom. The zero-order chi connectivity index (χ0) is 13.4. The minimum absolute atomic E-state index is 0.296. The highest BCUT2D eigenvalue weighted by atomic mass is 16.5. The molecule has 1 saturated carbocycles. The van der Waals surface area contributed by atoms with E-state index in [2.05, 4.69) is 28.9 Å². The van der Waals surface area contributed by atoms with Crippen LogP contribution in [-0.4, -0.2) is 31.1 Å². The third-order valence-electron chi connectivity index (χ3n) is 4.05. The van der Waals surface area contributed by atoms with E-state index in [4.69, 9.17) is 10.5 Å². The summed E-state index contributed by atoms with van der Waals surface area (Å²) in [6.45, 7) is 3.89. The van der Waals surface area contributed by atoms with Gasteiger partial charge in [0, 0.05) is 6.54 Å². The molecule has 4 heteroatoms. The van der Waals surface area contributed by atoms with E-state index in [1.54, 1.807) is 7.11 Å². The zero-order valence-electron chi connectivity index (χ0n) is 11.6. The van der Waals surface area contributed by atoms with Gasteiger partial charge in [0.1, 0.15) is 5.75 Å². The predicted octanol–water partition coefficient (Wildman–Crippen LogP) is 2.09. The molecule has 1 fully saturated rings. The SMILES string of the molecule is COc1ccc(C2CN=C(N)N2CC2CC2)cc1C. The number of nitrogens with two attached hydrogens (primary N) is 1. The van der Waals surface area contributed by atoms with E-state index >= 15 is 0 Å². The highest BCUT2D eigenvalue weighted by Gasteiger charge is 2.33. The van der Waals surface area contributed by atoms with Crippen molar-refractivity contribution in [3.05, 3.63) is 29.3 Å². The van der Waals surface area contributed by atoms with Crippen LogP contribution in [0.2, 0.25) is 0 Å². The van der Waals surface area contributed by atoms with Crippen molar-refractivity contribution < 1.29 is 4.74 Å². The Hall–Kier alpha value is -1.71. The highest BCUT2D eigenvalue weighted by Crippen LogP contribution is 2.35. The van der Waals surface area contributed by atoms with Crippen LogP contribution in [0, 0.1) is 12.8 Å².